The van der Waals surface area contributed by atoms with Crippen LogP contribution in [0.25, 0.3) is 0 Å². The maximum atomic E-state index is 11.9. The Morgan fingerprint density at radius 3 is 2.82 bits per heavy atom. The summed E-state index contributed by atoms with van der Waals surface area (Å²) in [6.45, 7) is 2.04. The van der Waals surface area contributed by atoms with Crippen LogP contribution in [0.1, 0.15) is 26.2 Å². The number of hydrogen-bond donors (Lipinski definition) is 2. The van der Waals surface area contributed by atoms with Gasteiger partial charge in [0.05, 0.1) is 12.5 Å². The van der Waals surface area contributed by atoms with Crippen LogP contribution in [-0.4, -0.2) is 40.6 Å². The van der Waals surface area contributed by atoms with Crippen molar-refractivity contribution in [1.82, 2.24) is 10.2 Å². The average Bonchev–Trinajstić information content (AvgIpc) is 2.86. The fraction of sp³-hybridized carbons (Fsp3) is 0.667. The maximum Gasteiger partial charge on any atom is 0.318 e. The summed E-state index contributed by atoms with van der Waals surface area (Å²) < 4.78 is 0. The number of carbonyl (C=O) groups excluding carboxylic acids is 1. The Morgan fingerprint density at radius 2 is 2.24 bits per heavy atom. The third kappa shape index (κ3) is 2.07. The number of carboxylic acids is 1. The first kappa shape index (κ1) is 11.8. The summed E-state index contributed by atoms with van der Waals surface area (Å²) in [5, 5.41) is 11.8. The number of amides is 2. The number of carboxylic acid groups (broad SMARTS) is 1. The Morgan fingerprint density at radius 1 is 1.47 bits per heavy atom. The molecule has 2 heterocycles. The zero-order chi connectivity index (χ0) is 12.4. The number of hydrogen-bond acceptors (Lipinski definition) is 2. The van der Waals surface area contributed by atoms with Gasteiger partial charge < -0.3 is 15.3 Å². The number of fused-ring (bicyclic) bond motifs is 2. The second-order valence-electron chi connectivity index (χ2n) is 4.47. The van der Waals surface area contributed by atoms with Crippen LogP contribution in [0, 0.1) is 17.8 Å². The monoisotopic (exact) mass is 236 g/mol. The van der Waals surface area contributed by atoms with Gasteiger partial charge >= 0.3 is 12.0 Å². The predicted octanol–water partition coefficient (Wildman–Crippen LogP) is 0.657. The quantitative estimate of drug-likeness (QED) is 0.692. The van der Waals surface area contributed by atoms with Crippen LogP contribution >= 0.6 is 0 Å². The van der Waals surface area contributed by atoms with Crippen LogP contribution in [0.15, 0.2) is 0 Å². The van der Waals surface area contributed by atoms with Gasteiger partial charge in [-0.05, 0) is 26.2 Å². The van der Waals surface area contributed by atoms with E-state index in [1.807, 2.05) is 0 Å². The Bertz CT molecular complexity index is 396. The van der Waals surface area contributed by atoms with Gasteiger partial charge in [-0.1, -0.05) is 5.92 Å². The van der Waals surface area contributed by atoms with Crippen LogP contribution in [0.5, 0.6) is 0 Å². The third-order valence-electron chi connectivity index (χ3n) is 3.59. The molecule has 2 rings (SSSR count). The molecule has 2 fully saturated rings. The molecule has 0 radical (unpaired) electrons. The van der Waals surface area contributed by atoms with Crippen LogP contribution in [0.4, 0.5) is 4.79 Å². The molecule has 2 saturated heterocycles. The van der Waals surface area contributed by atoms with Gasteiger partial charge in [-0.25, -0.2) is 4.79 Å². The molecule has 0 aliphatic carbocycles. The second-order valence-corrected chi connectivity index (χ2v) is 4.47. The van der Waals surface area contributed by atoms with Crippen molar-refractivity contribution in [3.05, 3.63) is 0 Å². The number of nitrogens with zero attached hydrogens (tertiary/aromatic N) is 1. The number of carbonyl (C=O) groups is 2. The van der Waals surface area contributed by atoms with Gasteiger partial charge in [-0.3, -0.25) is 4.79 Å². The molecule has 92 valence electrons. The summed E-state index contributed by atoms with van der Waals surface area (Å²) in [4.78, 5) is 24.6. The van der Waals surface area contributed by atoms with Crippen LogP contribution in [0.2, 0.25) is 0 Å². The van der Waals surface area contributed by atoms with E-state index in [9.17, 15) is 9.59 Å². The molecule has 2 N–H and O–H groups in total. The van der Waals surface area contributed by atoms with Gasteiger partial charge in [0.25, 0.3) is 0 Å². The van der Waals surface area contributed by atoms with Crippen molar-refractivity contribution < 1.29 is 14.7 Å². The van der Waals surface area contributed by atoms with Gasteiger partial charge in [0.1, 0.15) is 0 Å². The molecule has 3 unspecified atom stereocenters. The summed E-state index contributed by atoms with van der Waals surface area (Å²) in [6.07, 6.45) is 2.31. The fourth-order valence-electron chi connectivity index (χ4n) is 2.87. The lowest BCUT2D eigenvalue weighted by Gasteiger charge is -2.22. The molecular weight excluding hydrogens is 220 g/mol. The van der Waals surface area contributed by atoms with Crippen LogP contribution in [-0.2, 0) is 4.79 Å². The Labute approximate surface area is 100 Å². The topological polar surface area (TPSA) is 69.6 Å². The second kappa shape index (κ2) is 4.66. The van der Waals surface area contributed by atoms with E-state index in [1.165, 1.54) is 0 Å². The molecule has 2 aliphatic rings. The number of urea groups is 1. The number of rotatable bonds is 2. The Hall–Kier alpha value is -1.70. The average molecular weight is 236 g/mol. The largest absolute Gasteiger partial charge is 0.481 e. The van der Waals surface area contributed by atoms with Gasteiger partial charge in [-0.2, -0.15) is 0 Å². The highest BCUT2D eigenvalue weighted by Gasteiger charge is 2.51. The van der Waals surface area contributed by atoms with Crippen molar-refractivity contribution >= 4 is 12.0 Å². The summed E-state index contributed by atoms with van der Waals surface area (Å²) >= 11 is 0. The van der Waals surface area contributed by atoms with Crippen molar-refractivity contribution in [2.75, 3.05) is 6.54 Å². The zero-order valence-electron chi connectivity index (χ0n) is 9.77. The van der Waals surface area contributed by atoms with E-state index < -0.39 is 11.9 Å². The molecule has 2 bridgehead atoms. The first-order valence-corrected chi connectivity index (χ1v) is 5.83. The van der Waals surface area contributed by atoms with E-state index in [-0.39, 0.29) is 18.1 Å². The molecule has 3 atom stereocenters. The summed E-state index contributed by atoms with van der Waals surface area (Å²) in [5.41, 5.74) is 0. The van der Waals surface area contributed by atoms with E-state index in [0.29, 0.717) is 13.0 Å². The Kier molecular flexibility index (Phi) is 3.23. The van der Waals surface area contributed by atoms with Crippen molar-refractivity contribution in [1.29, 1.82) is 0 Å². The van der Waals surface area contributed by atoms with E-state index >= 15 is 0 Å². The molecule has 2 aliphatic heterocycles. The van der Waals surface area contributed by atoms with Crippen LogP contribution < -0.4 is 5.32 Å². The third-order valence-corrected chi connectivity index (χ3v) is 3.59. The van der Waals surface area contributed by atoms with Crippen molar-refractivity contribution in [3.8, 4) is 11.8 Å². The normalized spacial score (nSPS) is 29.7. The molecule has 5 heteroatoms. The molecule has 2 amide bonds. The molecule has 0 aromatic carbocycles. The summed E-state index contributed by atoms with van der Waals surface area (Å²) in [6, 6.07) is -0.216. The molecule has 0 spiro atoms. The zero-order valence-corrected chi connectivity index (χ0v) is 9.77. The minimum absolute atomic E-state index is 0.0932. The molecule has 5 nitrogen and oxygen atoms in total. The van der Waals surface area contributed by atoms with Crippen molar-refractivity contribution in [2.24, 2.45) is 5.92 Å². The minimum Gasteiger partial charge on any atom is -0.481 e. The lowest BCUT2D eigenvalue weighted by atomic mass is 9.89. The first-order chi connectivity index (χ1) is 8.15. The molecular formula is C12H16N2O3. The molecule has 0 aromatic rings. The number of aliphatic carboxylic acids is 1. The highest BCUT2D eigenvalue weighted by molar-refractivity contribution is 5.79. The predicted molar refractivity (Wildman–Crippen MR) is 61.2 cm³/mol. The standard InChI is InChI=1S/C12H16N2O3/c1-2-3-6-13-12(17)14-8-4-5-10(14)9(7-8)11(15)16/h8-10H,4-7H2,1H3,(H,13,17)(H,15,16). The fourth-order valence-corrected chi connectivity index (χ4v) is 2.87. The molecule has 0 aromatic heterocycles. The summed E-state index contributed by atoms with van der Waals surface area (Å²) in [5.74, 6) is 4.28. The van der Waals surface area contributed by atoms with Crippen molar-refractivity contribution in [2.45, 2.75) is 38.3 Å². The van der Waals surface area contributed by atoms with Gasteiger partial charge in [0.15, 0.2) is 0 Å². The molecule has 17 heavy (non-hydrogen) atoms. The van der Waals surface area contributed by atoms with E-state index in [1.54, 1.807) is 11.8 Å². The van der Waals surface area contributed by atoms with E-state index in [2.05, 4.69) is 17.2 Å². The highest BCUT2D eigenvalue weighted by atomic mass is 16.4. The SMILES string of the molecule is CC#CCNC(=O)N1C2CCC1C(C(=O)O)C2. The maximum absolute atomic E-state index is 11.9. The highest BCUT2D eigenvalue weighted by Crippen LogP contribution is 2.41. The lowest BCUT2D eigenvalue weighted by molar-refractivity contribution is -0.142. The first-order valence-electron chi connectivity index (χ1n) is 5.83. The van der Waals surface area contributed by atoms with E-state index in [4.69, 9.17) is 5.11 Å². The van der Waals surface area contributed by atoms with Crippen molar-refractivity contribution in [3.63, 3.8) is 0 Å². The Balaban J connectivity index is 1.99. The van der Waals surface area contributed by atoms with Gasteiger partial charge in [0, 0.05) is 12.1 Å². The minimum atomic E-state index is -0.789. The lowest BCUT2D eigenvalue weighted by Crippen LogP contribution is -2.44. The molecule has 0 saturated carbocycles. The van der Waals surface area contributed by atoms with E-state index in [0.717, 1.165) is 12.8 Å². The number of nitrogens with one attached hydrogen (secondary N) is 1. The smallest absolute Gasteiger partial charge is 0.318 e. The van der Waals surface area contributed by atoms with Crippen LogP contribution in [0.3, 0.4) is 0 Å². The van der Waals surface area contributed by atoms with Gasteiger partial charge in [0.2, 0.25) is 0 Å². The van der Waals surface area contributed by atoms with Gasteiger partial charge in [-0.15, -0.1) is 5.92 Å². The summed E-state index contributed by atoms with van der Waals surface area (Å²) in [7, 11) is 0.